The molecular formula is C33H35F3N8O3. The van der Waals surface area contributed by atoms with Crippen molar-refractivity contribution in [1.29, 1.82) is 0 Å². The van der Waals surface area contributed by atoms with Crippen LogP contribution in [0.3, 0.4) is 0 Å². The molecule has 0 bridgehead atoms. The van der Waals surface area contributed by atoms with Crippen LogP contribution in [0.15, 0.2) is 54.7 Å². The molecular weight excluding hydrogens is 613 g/mol. The first-order valence-corrected chi connectivity index (χ1v) is 15.5. The molecule has 2 aliphatic heterocycles. The van der Waals surface area contributed by atoms with Gasteiger partial charge in [0.1, 0.15) is 17.6 Å². The second-order valence-corrected chi connectivity index (χ2v) is 12.1. The molecule has 0 spiro atoms. The number of methoxy groups -OCH3 is 2. The molecule has 1 atom stereocenters. The number of halogens is 3. The summed E-state index contributed by atoms with van der Waals surface area (Å²) < 4.78 is 54.7. The van der Waals surface area contributed by atoms with Crippen LogP contribution in [0.2, 0.25) is 0 Å². The molecule has 5 heterocycles. The number of alkyl halides is 3. The van der Waals surface area contributed by atoms with Crippen molar-refractivity contribution >= 4 is 28.0 Å². The molecule has 47 heavy (non-hydrogen) atoms. The Balaban J connectivity index is 1.30. The lowest BCUT2D eigenvalue weighted by Gasteiger charge is -2.45. The number of para-hydroxylation sites is 1. The molecule has 5 aromatic rings. The summed E-state index contributed by atoms with van der Waals surface area (Å²) in [4.78, 5) is 37.0. The Labute approximate surface area is 268 Å². The Morgan fingerprint density at radius 3 is 2.49 bits per heavy atom. The quantitative estimate of drug-likeness (QED) is 0.269. The summed E-state index contributed by atoms with van der Waals surface area (Å²) in [6.07, 6.45) is -1.29. The zero-order valence-corrected chi connectivity index (χ0v) is 26.3. The van der Waals surface area contributed by atoms with Crippen molar-refractivity contribution in [1.82, 2.24) is 39.2 Å². The highest BCUT2D eigenvalue weighted by Gasteiger charge is 2.43. The maximum absolute atomic E-state index is 14.4. The second kappa shape index (κ2) is 12.2. The zero-order chi connectivity index (χ0) is 32.9. The number of aromatic nitrogens is 5. The van der Waals surface area contributed by atoms with Crippen LogP contribution in [0.4, 0.5) is 18.0 Å². The van der Waals surface area contributed by atoms with E-state index >= 15 is 0 Å². The number of ether oxygens (including phenoxy) is 2. The number of carbonyl (C=O) groups is 1. The Hall–Kier alpha value is -4.69. The van der Waals surface area contributed by atoms with Crippen LogP contribution in [-0.2, 0) is 6.18 Å². The fraction of sp³-hybridized carbons (Fsp3) is 0.394. The van der Waals surface area contributed by atoms with Gasteiger partial charge in [-0.1, -0.05) is 18.2 Å². The summed E-state index contributed by atoms with van der Waals surface area (Å²) >= 11 is 0. The van der Waals surface area contributed by atoms with E-state index in [9.17, 15) is 18.0 Å². The molecule has 2 fully saturated rings. The maximum atomic E-state index is 14.4. The van der Waals surface area contributed by atoms with Crippen LogP contribution in [0.5, 0.6) is 11.6 Å². The zero-order valence-electron chi connectivity index (χ0n) is 26.3. The van der Waals surface area contributed by atoms with Gasteiger partial charge in [-0.2, -0.15) is 13.2 Å². The van der Waals surface area contributed by atoms with Crippen molar-refractivity contribution < 1.29 is 27.4 Å². The molecule has 2 aliphatic rings. The number of amides is 1. The topological polar surface area (TPSA) is 105 Å². The predicted octanol–water partition coefficient (Wildman–Crippen LogP) is 5.43. The van der Waals surface area contributed by atoms with E-state index in [4.69, 9.17) is 14.5 Å². The lowest BCUT2D eigenvalue weighted by atomic mass is 10.0. The van der Waals surface area contributed by atoms with Crippen molar-refractivity contribution in [2.24, 2.45) is 0 Å². The van der Waals surface area contributed by atoms with Crippen LogP contribution < -0.4 is 9.47 Å². The largest absolute Gasteiger partial charge is 0.497 e. The van der Waals surface area contributed by atoms with Crippen molar-refractivity contribution in [3.63, 3.8) is 0 Å². The van der Waals surface area contributed by atoms with E-state index in [2.05, 4.69) is 31.8 Å². The van der Waals surface area contributed by atoms with Crippen LogP contribution in [-0.4, -0.2) is 105 Å². The van der Waals surface area contributed by atoms with Crippen molar-refractivity contribution in [2.45, 2.75) is 31.1 Å². The molecule has 1 amide bonds. The lowest BCUT2D eigenvalue weighted by Crippen LogP contribution is -2.56. The molecule has 246 valence electrons. The van der Waals surface area contributed by atoms with Gasteiger partial charge < -0.3 is 24.3 Å². The van der Waals surface area contributed by atoms with E-state index in [-0.39, 0.29) is 23.6 Å². The third kappa shape index (κ3) is 5.76. The summed E-state index contributed by atoms with van der Waals surface area (Å²) in [5.41, 5.74) is 2.13. The number of nitrogens with zero attached hydrogens (tertiary/aromatic N) is 7. The van der Waals surface area contributed by atoms with Gasteiger partial charge >= 0.3 is 12.2 Å². The molecule has 1 N–H and O–H groups in total. The highest BCUT2D eigenvalue weighted by atomic mass is 19.4. The third-order valence-corrected chi connectivity index (χ3v) is 9.25. The van der Waals surface area contributed by atoms with Gasteiger partial charge in [-0.15, -0.1) is 0 Å². The van der Waals surface area contributed by atoms with E-state index in [1.807, 2.05) is 30.3 Å². The van der Waals surface area contributed by atoms with Gasteiger partial charge in [-0.3, -0.25) is 4.90 Å². The van der Waals surface area contributed by atoms with Crippen LogP contribution >= 0.6 is 0 Å². The molecule has 0 aliphatic carbocycles. The molecule has 7 rings (SSSR count). The Morgan fingerprint density at radius 1 is 0.957 bits per heavy atom. The minimum Gasteiger partial charge on any atom is -0.497 e. The Kier molecular flexibility index (Phi) is 8.00. The lowest BCUT2D eigenvalue weighted by molar-refractivity contribution is -0.146. The molecule has 2 saturated heterocycles. The Morgan fingerprint density at radius 2 is 1.74 bits per heavy atom. The monoisotopic (exact) mass is 648 g/mol. The number of likely N-dealkylation sites (tertiary alicyclic amines) is 1. The van der Waals surface area contributed by atoms with Crippen LogP contribution in [0.25, 0.3) is 33.2 Å². The fourth-order valence-electron chi connectivity index (χ4n) is 6.74. The van der Waals surface area contributed by atoms with Gasteiger partial charge in [0.2, 0.25) is 11.7 Å². The van der Waals surface area contributed by atoms with Gasteiger partial charge in [0, 0.05) is 37.1 Å². The van der Waals surface area contributed by atoms with Crippen molar-refractivity contribution in [2.75, 3.05) is 54.0 Å². The number of piperidine rings is 1. The first-order chi connectivity index (χ1) is 22.6. The van der Waals surface area contributed by atoms with Gasteiger partial charge in [-0.25, -0.2) is 24.3 Å². The summed E-state index contributed by atoms with van der Waals surface area (Å²) in [7, 11) is 5.06. The number of carbonyl (C=O) groups excluding carboxylic acids is 1. The standard InChI is InChI=1S/C33H35F3N8O3/c1-41-12-10-21(11-13-41)42-14-15-43(32(45)44-27-17-22(46-2)8-9-25(27)40-31(44)33(34,35)36)28(19-42)29-37-18-26(38-29)23-16-20-6-4-5-7-24(20)39-30(23)47-3/h4-9,16-18,21,28H,10-15,19H2,1-3H3,(H,37,38)/t28-/m0/s1. The number of hydrogen-bond donors (Lipinski definition) is 1. The van der Waals surface area contributed by atoms with Gasteiger partial charge in [0.25, 0.3) is 0 Å². The minimum atomic E-state index is -4.87. The average molecular weight is 649 g/mol. The second-order valence-electron chi connectivity index (χ2n) is 12.1. The van der Waals surface area contributed by atoms with Crippen LogP contribution in [0, 0.1) is 0 Å². The minimum absolute atomic E-state index is 0.0188. The number of hydrogen-bond acceptors (Lipinski definition) is 8. The smallest absolute Gasteiger partial charge is 0.450 e. The van der Waals surface area contributed by atoms with E-state index in [0.29, 0.717) is 46.4 Å². The third-order valence-electron chi connectivity index (χ3n) is 9.25. The summed E-state index contributed by atoms with van der Waals surface area (Å²) in [6, 6.07) is 12.8. The summed E-state index contributed by atoms with van der Waals surface area (Å²) in [5, 5.41) is 0.907. The number of imidazole rings is 2. The van der Waals surface area contributed by atoms with E-state index in [1.54, 1.807) is 13.3 Å². The van der Waals surface area contributed by atoms with Crippen LogP contribution in [0.1, 0.15) is 30.5 Å². The number of fused-ring (bicyclic) bond motifs is 2. The van der Waals surface area contributed by atoms with Crippen molar-refractivity contribution in [3.8, 4) is 22.9 Å². The highest BCUT2D eigenvalue weighted by molar-refractivity contribution is 5.91. The molecule has 3 aromatic heterocycles. The van der Waals surface area contributed by atoms with Gasteiger partial charge in [0.15, 0.2) is 0 Å². The maximum Gasteiger partial charge on any atom is 0.450 e. The molecule has 0 saturated carbocycles. The summed E-state index contributed by atoms with van der Waals surface area (Å²) in [6.45, 7) is 3.02. The molecule has 11 nitrogen and oxygen atoms in total. The number of rotatable bonds is 5. The molecule has 14 heteroatoms. The predicted molar refractivity (Wildman–Crippen MR) is 169 cm³/mol. The normalized spacial score (nSPS) is 18.7. The number of nitrogens with one attached hydrogen (secondary N) is 1. The number of piperazine rings is 1. The van der Waals surface area contributed by atoms with Gasteiger partial charge in [-0.05, 0) is 57.2 Å². The number of H-pyrrole nitrogens is 1. The average Bonchev–Trinajstić information content (AvgIpc) is 3.73. The molecule has 2 aromatic carbocycles. The van der Waals surface area contributed by atoms with Crippen molar-refractivity contribution in [3.05, 3.63) is 66.4 Å². The van der Waals surface area contributed by atoms with E-state index in [1.165, 1.54) is 30.2 Å². The summed E-state index contributed by atoms with van der Waals surface area (Å²) in [5.74, 6) is -0.111. The highest BCUT2D eigenvalue weighted by Crippen LogP contribution is 2.37. The first kappa shape index (κ1) is 30.9. The number of pyridine rings is 1. The molecule has 0 radical (unpaired) electrons. The fourth-order valence-corrected chi connectivity index (χ4v) is 6.74. The number of benzene rings is 2. The van der Waals surface area contributed by atoms with E-state index < -0.39 is 24.1 Å². The molecule has 0 unspecified atom stereocenters. The SMILES string of the molecule is COc1ccc2nc(C(F)(F)F)n(C(=O)N3CCN(C4CCN(C)CC4)C[C@H]3c3ncc(-c4cc5ccccc5nc4OC)[nH]3)c2c1. The van der Waals surface area contributed by atoms with Gasteiger partial charge in [0.05, 0.1) is 48.2 Å². The number of aromatic amines is 1. The van der Waals surface area contributed by atoms with E-state index in [0.717, 1.165) is 36.8 Å². The Bertz CT molecular complexity index is 1930. The first-order valence-electron chi connectivity index (χ1n) is 15.5.